The summed E-state index contributed by atoms with van der Waals surface area (Å²) in [6, 6.07) is 9.52. The number of rotatable bonds is 10. The molecule has 1 aromatic carbocycles. The maximum atomic E-state index is 11.6. The van der Waals surface area contributed by atoms with Crippen LogP contribution in [-0.2, 0) is 17.8 Å². The van der Waals surface area contributed by atoms with E-state index in [2.05, 4.69) is 20.6 Å². The maximum Gasteiger partial charge on any atom is 0.319 e. The first kappa shape index (κ1) is 20.9. The van der Waals surface area contributed by atoms with Crippen LogP contribution >= 0.6 is 11.8 Å². The number of imide groups is 1. The van der Waals surface area contributed by atoms with Crippen LogP contribution in [0.3, 0.4) is 0 Å². The fourth-order valence-electron chi connectivity index (χ4n) is 2.66. The third kappa shape index (κ3) is 6.06. The highest BCUT2D eigenvalue weighted by atomic mass is 32.2. The van der Waals surface area contributed by atoms with Gasteiger partial charge in [-0.05, 0) is 24.1 Å². The highest BCUT2D eigenvalue weighted by Gasteiger charge is 2.31. The number of carbonyl (C=O) groups excluding carboxylic acids is 2. The van der Waals surface area contributed by atoms with Gasteiger partial charge in [-0.15, -0.1) is 0 Å². The van der Waals surface area contributed by atoms with Crippen LogP contribution in [0.15, 0.2) is 30.3 Å². The Labute approximate surface area is 172 Å². The number of thioether (sulfide) groups is 1. The highest BCUT2D eigenvalue weighted by Crippen LogP contribution is 2.23. The average molecular weight is 418 g/mol. The van der Waals surface area contributed by atoms with E-state index in [1.165, 1.54) is 7.11 Å². The van der Waals surface area contributed by atoms with Crippen LogP contribution in [-0.4, -0.2) is 53.7 Å². The number of ether oxygens (including phenoxy) is 3. The van der Waals surface area contributed by atoms with E-state index in [0.29, 0.717) is 32.0 Å². The van der Waals surface area contributed by atoms with Crippen LogP contribution in [0.2, 0.25) is 0 Å². The lowest BCUT2D eigenvalue weighted by Crippen LogP contribution is -2.25. The minimum atomic E-state index is -0.363. The molecule has 0 saturated carbocycles. The van der Waals surface area contributed by atoms with Gasteiger partial charge in [-0.3, -0.25) is 14.9 Å². The van der Waals surface area contributed by atoms with Gasteiger partial charge in [-0.25, -0.2) is 0 Å². The molecule has 0 aliphatic carbocycles. The summed E-state index contributed by atoms with van der Waals surface area (Å²) in [5.41, 5.74) is 1.73. The van der Waals surface area contributed by atoms with Crippen molar-refractivity contribution in [2.75, 3.05) is 27.4 Å². The van der Waals surface area contributed by atoms with Gasteiger partial charge in [-0.1, -0.05) is 23.9 Å². The van der Waals surface area contributed by atoms with Gasteiger partial charge < -0.3 is 19.5 Å². The first-order valence-electron chi connectivity index (χ1n) is 8.97. The Morgan fingerprint density at radius 2 is 1.93 bits per heavy atom. The third-order valence-electron chi connectivity index (χ3n) is 4.09. The second-order valence-corrected chi connectivity index (χ2v) is 7.32. The van der Waals surface area contributed by atoms with Crippen LogP contribution in [0.4, 0.5) is 4.79 Å². The van der Waals surface area contributed by atoms with Crippen LogP contribution in [0.5, 0.6) is 17.6 Å². The Hall–Kier alpha value is -2.85. The fourth-order valence-corrected chi connectivity index (χ4v) is 3.52. The van der Waals surface area contributed by atoms with Crippen molar-refractivity contribution in [1.29, 1.82) is 0 Å². The van der Waals surface area contributed by atoms with Crippen molar-refractivity contribution in [3.8, 4) is 17.6 Å². The molecule has 1 unspecified atom stereocenters. The smallest absolute Gasteiger partial charge is 0.319 e. The molecule has 0 radical (unpaired) electrons. The van der Waals surface area contributed by atoms with E-state index in [1.807, 2.05) is 24.3 Å². The molecule has 0 spiro atoms. The number of methoxy groups -OCH3 is 2. The van der Waals surface area contributed by atoms with Crippen molar-refractivity contribution >= 4 is 22.9 Å². The number of carbonyl (C=O) groups is 2. The minimum absolute atomic E-state index is 0.231. The Kier molecular flexibility index (Phi) is 7.25. The zero-order valence-corrected chi connectivity index (χ0v) is 17.0. The van der Waals surface area contributed by atoms with E-state index in [1.54, 1.807) is 13.2 Å². The van der Waals surface area contributed by atoms with E-state index in [0.717, 1.165) is 28.8 Å². The first-order chi connectivity index (χ1) is 14.1. The molecule has 29 heavy (non-hydrogen) atoms. The Morgan fingerprint density at radius 3 is 2.59 bits per heavy atom. The van der Waals surface area contributed by atoms with E-state index < -0.39 is 0 Å². The topological polar surface area (TPSA) is 112 Å². The molecule has 9 nitrogen and oxygen atoms in total. The predicted molar refractivity (Wildman–Crippen MR) is 107 cm³/mol. The van der Waals surface area contributed by atoms with Gasteiger partial charge in [0.1, 0.15) is 12.4 Å². The van der Waals surface area contributed by atoms with Crippen molar-refractivity contribution in [2.24, 2.45) is 0 Å². The second-order valence-electron chi connectivity index (χ2n) is 6.14. The number of hydrogen-bond acceptors (Lipinski definition) is 9. The van der Waals surface area contributed by atoms with Gasteiger partial charge in [0.05, 0.1) is 25.2 Å². The average Bonchev–Trinajstić information content (AvgIpc) is 3.05. The monoisotopic (exact) mass is 418 g/mol. The summed E-state index contributed by atoms with van der Waals surface area (Å²) in [7, 11) is 3.05. The van der Waals surface area contributed by atoms with Crippen LogP contribution in [0.1, 0.15) is 11.3 Å². The molecule has 0 bridgehead atoms. The fraction of sp³-hybridized carbons (Fsp3) is 0.368. The molecule has 2 N–H and O–H groups in total. The molecular formula is C19H22N4O5S. The molecule has 1 aliphatic heterocycles. The number of nitrogens with one attached hydrogen (secondary N) is 2. The number of benzene rings is 1. The SMILES string of the molecule is COc1cc(CNCCOc2ccc(CC3SC(=O)NC3=O)cc2)nc(OC)n1. The molecule has 1 fully saturated rings. The van der Waals surface area contributed by atoms with Crippen molar-refractivity contribution in [3.05, 3.63) is 41.6 Å². The summed E-state index contributed by atoms with van der Waals surface area (Å²) in [5, 5.41) is 4.88. The largest absolute Gasteiger partial charge is 0.492 e. The molecule has 2 amide bonds. The number of amides is 2. The quantitative estimate of drug-likeness (QED) is 0.555. The molecule has 2 aromatic rings. The first-order valence-corrected chi connectivity index (χ1v) is 9.85. The van der Waals surface area contributed by atoms with Crippen molar-refractivity contribution in [2.45, 2.75) is 18.2 Å². The van der Waals surface area contributed by atoms with Gasteiger partial charge >= 0.3 is 6.01 Å². The van der Waals surface area contributed by atoms with Gasteiger partial charge in [0.15, 0.2) is 0 Å². The van der Waals surface area contributed by atoms with E-state index in [4.69, 9.17) is 14.2 Å². The molecule has 2 heterocycles. The molecule has 1 aliphatic rings. The zero-order valence-electron chi connectivity index (χ0n) is 16.1. The molecule has 154 valence electrons. The van der Waals surface area contributed by atoms with Gasteiger partial charge in [0.2, 0.25) is 11.8 Å². The van der Waals surface area contributed by atoms with Crippen LogP contribution in [0.25, 0.3) is 0 Å². The van der Waals surface area contributed by atoms with E-state index in [-0.39, 0.29) is 22.4 Å². The molecular weight excluding hydrogens is 396 g/mol. The van der Waals surface area contributed by atoms with Crippen molar-refractivity contribution < 1.29 is 23.8 Å². The summed E-state index contributed by atoms with van der Waals surface area (Å²) >= 11 is 1.03. The Bertz CT molecular complexity index is 840. The zero-order chi connectivity index (χ0) is 20.6. The van der Waals surface area contributed by atoms with E-state index in [9.17, 15) is 9.59 Å². The summed E-state index contributed by atoms with van der Waals surface area (Å²) < 4.78 is 15.9. The van der Waals surface area contributed by atoms with Gasteiger partial charge in [0, 0.05) is 19.2 Å². The van der Waals surface area contributed by atoms with Crippen LogP contribution in [0, 0.1) is 0 Å². The molecule has 1 saturated heterocycles. The van der Waals surface area contributed by atoms with Crippen molar-refractivity contribution in [3.63, 3.8) is 0 Å². The van der Waals surface area contributed by atoms with Crippen molar-refractivity contribution in [1.82, 2.24) is 20.6 Å². The predicted octanol–water partition coefficient (Wildman–Crippen LogP) is 1.56. The minimum Gasteiger partial charge on any atom is -0.492 e. The number of nitrogens with zero attached hydrogens (tertiary/aromatic N) is 2. The van der Waals surface area contributed by atoms with E-state index >= 15 is 0 Å². The summed E-state index contributed by atoms with van der Waals surface area (Å²) in [4.78, 5) is 31.1. The highest BCUT2D eigenvalue weighted by molar-refractivity contribution is 8.15. The Morgan fingerprint density at radius 1 is 1.14 bits per heavy atom. The lowest BCUT2D eigenvalue weighted by Gasteiger charge is -2.10. The summed E-state index contributed by atoms with van der Waals surface area (Å²) in [6.07, 6.45) is 0.510. The third-order valence-corrected chi connectivity index (χ3v) is 5.07. The number of aromatic nitrogens is 2. The maximum absolute atomic E-state index is 11.6. The molecule has 3 rings (SSSR count). The second kappa shape index (κ2) is 10.1. The summed E-state index contributed by atoms with van der Waals surface area (Å²) in [5.74, 6) is 0.952. The molecule has 10 heteroatoms. The Balaban J connectivity index is 1.40. The van der Waals surface area contributed by atoms with Gasteiger partial charge in [-0.2, -0.15) is 9.97 Å². The standard InChI is InChI=1S/C19H22N4O5S/c1-26-16-10-13(21-18(22-16)27-2)11-20-7-8-28-14-5-3-12(4-6-14)9-15-17(24)23-19(25)29-15/h3-6,10,15,20H,7-9,11H2,1-2H3,(H,23,24,25). The number of hydrogen-bond donors (Lipinski definition) is 2. The molecule has 1 aromatic heterocycles. The lowest BCUT2D eigenvalue weighted by atomic mass is 10.1. The molecule has 1 atom stereocenters. The summed E-state index contributed by atoms with van der Waals surface area (Å²) in [6.45, 7) is 1.63. The normalized spacial score (nSPS) is 15.9. The van der Waals surface area contributed by atoms with Crippen LogP contribution < -0.4 is 24.8 Å². The van der Waals surface area contributed by atoms with Gasteiger partial charge in [0.25, 0.3) is 5.24 Å². The lowest BCUT2D eigenvalue weighted by molar-refractivity contribution is -0.118.